The lowest BCUT2D eigenvalue weighted by Gasteiger charge is -2.30. The molecule has 2 aromatic rings. The minimum absolute atomic E-state index is 0.00109. The largest absolute Gasteiger partial charge is 0.435 e. The molecule has 1 heterocycles. The zero-order valence-corrected chi connectivity index (χ0v) is 22.9. The van der Waals surface area contributed by atoms with Gasteiger partial charge >= 0.3 is 18.5 Å². The Labute approximate surface area is 242 Å². The van der Waals surface area contributed by atoms with Crippen LogP contribution in [0.25, 0.3) is 0 Å². The second kappa shape index (κ2) is 12.1. The van der Waals surface area contributed by atoms with Crippen molar-refractivity contribution in [3.05, 3.63) is 69.2 Å². The molecule has 0 saturated heterocycles. The van der Waals surface area contributed by atoms with Crippen molar-refractivity contribution in [2.75, 3.05) is 26.7 Å². The molecule has 0 bridgehead atoms. The van der Waals surface area contributed by atoms with Gasteiger partial charge < -0.3 is 19.4 Å². The van der Waals surface area contributed by atoms with E-state index >= 15 is 0 Å². The van der Waals surface area contributed by atoms with Gasteiger partial charge in [0.2, 0.25) is 5.91 Å². The number of halogens is 10. The second-order valence-corrected chi connectivity index (χ2v) is 10.0. The smallest absolute Gasteiger partial charge is 0.374 e. The molecule has 17 heteroatoms. The van der Waals surface area contributed by atoms with Crippen molar-refractivity contribution in [3.8, 4) is 0 Å². The molecule has 3 rings (SSSR count). The van der Waals surface area contributed by atoms with Crippen molar-refractivity contribution in [1.82, 2.24) is 9.80 Å². The minimum atomic E-state index is -5.25. The van der Waals surface area contributed by atoms with Gasteiger partial charge in [-0.05, 0) is 48.4 Å². The quantitative estimate of drug-likeness (QED) is 0.264. The molecule has 2 amide bonds. The Kier molecular flexibility index (Phi) is 9.44. The summed E-state index contributed by atoms with van der Waals surface area (Å²) in [5, 5.41) is 2.86. The average molecular weight is 646 g/mol. The molecule has 43 heavy (non-hydrogen) atoms. The first-order chi connectivity index (χ1) is 19.7. The fraction of sp³-hybridized carbons (Fsp3) is 0.385. The van der Waals surface area contributed by atoms with Crippen LogP contribution in [0, 0.1) is 6.92 Å². The van der Waals surface area contributed by atoms with Crippen LogP contribution < -0.4 is 0 Å². The number of alkyl halides is 9. The van der Waals surface area contributed by atoms with E-state index in [0.717, 1.165) is 19.2 Å². The number of rotatable bonds is 8. The summed E-state index contributed by atoms with van der Waals surface area (Å²) in [4.78, 5) is 42.2. The van der Waals surface area contributed by atoms with E-state index in [0.29, 0.717) is 21.9 Å². The molecular weight excluding hydrogens is 625 g/mol. The molecule has 0 saturated carbocycles. The van der Waals surface area contributed by atoms with Crippen LogP contribution in [0.4, 0.5) is 39.5 Å². The average Bonchev–Trinajstić information content (AvgIpc) is 3.33. The SMILES string of the molecule is Cc1cc(C2=NOC(c3cc(Cl)cc(C(F)(F)F)c3)(C(F)(F)F)C2)ccc1C(=O)N(CC=O)CC(=O)N(C)CC(F)(F)F. The van der Waals surface area contributed by atoms with E-state index in [1.54, 1.807) is 0 Å². The normalized spacial score (nSPS) is 17.3. The monoisotopic (exact) mass is 645 g/mol. The number of oxime groups is 1. The Hall–Kier alpha value is -3.82. The van der Waals surface area contributed by atoms with Crippen molar-refractivity contribution in [2.45, 2.75) is 37.5 Å². The molecule has 1 atom stereocenters. The second-order valence-electron chi connectivity index (χ2n) is 9.60. The lowest BCUT2D eigenvalue weighted by Crippen LogP contribution is -2.45. The number of benzene rings is 2. The Bertz CT molecular complexity index is 1440. The van der Waals surface area contributed by atoms with Crippen molar-refractivity contribution in [1.29, 1.82) is 0 Å². The highest BCUT2D eigenvalue weighted by Crippen LogP contribution is 2.50. The van der Waals surface area contributed by atoms with Crippen LogP contribution in [0.2, 0.25) is 5.02 Å². The number of hydrogen-bond acceptors (Lipinski definition) is 5. The molecule has 7 nitrogen and oxygen atoms in total. The first kappa shape index (κ1) is 33.7. The van der Waals surface area contributed by atoms with Gasteiger partial charge in [-0.2, -0.15) is 39.5 Å². The number of carbonyl (C=O) groups excluding carboxylic acids is 3. The van der Waals surface area contributed by atoms with Gasteiger partial charge in [-0.15, -0.1) is 0 Å². The summed E-state index contributed by atoms with van der Waals surface area (Å²) in [6.45, 7) is -1.77. The van der Waals surface area contributed by atoms with Crippen molar-refractivity contribution in [3.63, 3.8) is 0 Å². The van der Waals surface area contributed by atoms with Crippen LogP contribution in [0.15, 0.2) is 41.6 Å². The first-order valence-corrected chi connectivity index (χ1v) is 12.4. The lowest BCUT2D eigenvalue weighted by molar-refractivity contribution is -0.276. The third kappa shape index (κ3) is 7.58. The molecule has 1 aliphatic heterocycles. The van der Waals surface area contributed by atoms with Crippen LogP contribution >= 0.6 is 11.6 Å². The number of aryl methyl sites for hydroxylation is 1. The number of likely N-dealkylation sites (N-methyl/N-ethyl adjacent to an activating group) is 1. The van der Waals surface area contributed by atoms with Crippen LogP contribution in [-0.2, 0) is 26.2 Å². The lowest BCUT2D eigenvalue weighted by atomic mass is 9.85. The van der Waals surface area contributed by atoms with E-state index < -0.39 is 78.1 Å². The summed E-state index contributed by atoms with van der Waals surface area (Å²) in [6.07, 6.45) is -15.8. The van der Waals surface area contributed by atoms with Gasteiger partial charge in [0.25, 0.3) is 11.5 Å². The van der Waals surface area contributed by atoms with Crippen LogP contribution in [0.5, 0.6) is 0 Å². The Morgan fingerprint density at radius 3 is 2.23 bits per heavy atom. The number of hydrogen-bond donors (Lipinski definition) is 0. The Balaban J connectivity index is 1.89. The maximum absolute atomic E-state index is 14.3. The van der Waals surface area contributed by atoms with Gasteiger partial charge in [0.1, 0.15) is 19.4 Å². The van der Waals surface area contributed by atoms with E-state index in [2.05, 4.69) is 5.16 Å². The van der Waals surface area contributed by atoms with Crippen LogP contribution in [-0.4, -0.2) is 72.6 Å². The minimum Gasteiger partial charge on any atom is -0.374 e. The molecule has 2 aromatic carbocycles. The van der Waals surface area contributed by atoms with E-state index in [4.69, 9.17) is 16.4 Å². The molecule has 0 spiro atoms. The highest BCUT2D eigenvalue weighted by molar-refractivity contribution is 6.30. The van der Waals surface area contributed by atoms with E-state index in [1.807, 2.05) is 0 Å². The Morgan fingerprint density at radius 1 is 1.05 bits per heavy atom. The number of aldehydes is 1. The predicted octanol–water partition coefficient (Wildman–Crippen LogP) is 5.91. The van der Waals surface area contributed by atoms with Crippen LogP contribution in [0.1, 0.15) is 39.0 Å². The van der Waals surface area contributed by atoms with E-state index in [9.17, 15) is 53.9 Å². The number of carbonyl (C=O) groups is 3. The van der Waals surface area contributed by atoms with Crippen molar-refractivity contribution < 1.29 is 58.7 Å². The Morgan fingerprint density at radius 2 is 1.70 bits per heavy atom. The maximum atomic E-state index is 14.3. The van der Waals surface area contributed by atoms with Gasteiger partial charge in [0.15, 0.2) is 0 Å². The van der Waals surface area contributed by atoms with Gasteiger partial charge in [-0.1, -0.05) is 22.8 Å². The molecule has 0 fully saturated rings. The standard InChI is InChI=1S/C26H21ClF9N3O4/c1-14-7-15(3-4-19(14)22(42)39(5-6-40)12-21(41)38(2)13-24(28,29)30)20-11-23(43-37-20,26(34,35)36)16-8-17(25(31,32)33)10-18(27)9-16/h3-4,6-10H,5,11-13H2,1-2H3. The summed E-state index contributed by atoms with van der Waals surface area (Å²) in [6, 6.07) is 4.92. The highest BCUT2D eigenvalue weighted by Gasteiger charge is 2.62. The zero-order valence-electron chi connectivity index (χ0n) is 22.1. The molecule has 0 aliphatic carbocycles. The molecule has 0 aromatic heterocycles. The molecule has 0 radical (unpaired) electrons. The first-order valence-electron chi connectivity index (χ1n) is 12.0. The van der Waals surface area contributed by atoms with Crippen molar-refractivity contribution >= 4 is 35.4 Å². The third-order valence-corrected chi connectivity index (χ3v) is 6.64. The summed E-state index contributed by atoms with van der Waals surface area (Å²) in [7, 11) is 0.859. The summed E-state index contributed by atoms with van der Waals surface area (Å²) in [5.41, 5.74) is -6.04. The topological polar surface area (TPSA) is 79.3 Å². The van der Waals surface area contributed by atoms with Gasteiger partial charge in [-0.3, -0.25) is 9.59 Å². The molecule has 1 unspecified atom stereocenters. The van der Waals surface area contributed by atoms with Crippen molar-refractivity contribution in [2.24, 2.45) is 5.16 Å². The number of amides is 2. The van der Waals surface area contributed by atoms with Gasteiger partial charge in [0.05, 0.1) is 17.8 Å². The fourth-order valence-electron chi connectivity index (χ4n) is 4.25. The van der Waals surface area contributed by atoms with Gasteiger partial charge in [-0.25, -0.2) is 0 Å². The van der Waals surface area contributed by atoms with E-state index in [1.165, 1.54) is 13.0 Å². The number of nitrogens with zero attached hydrogens (tertiary/aromatic N) is 3. The molecule has 0 N–H and O–H groups in total. The maximum Gasteiger partial charge on any atom is 0.435 e. The molecule has 1 aliphatic rings. The summed E-state index contributed by atoms with van der Waals surface area (Å²) < 4.78 is 121. The molecule has 234 valence electrons. The van der Waals surface area contributed by atoms with Crippen LogP contribution in [0.3, 0.4) is 0 Å². The van der Waals surface area contributed by atoms with E-state index in [-0.39, 0.29) is 34.8 Å². The van der Waals surface area contributed by atoms with Gasteiger partial charge in [0, 0.05) is 29.6 Å². The summed E-state index contributed by atoms with van der Waals surface area (Å²) in [5.74, 6) is -2.05. The highest BCUT2D eigenvalue weighted by atomic mass is 35.5. The zero-order chi connectivity index (χ0) is 32.5. The summed E-state index contributed by atoms with van der Waals surface area (Å²) >= 11 is 5.70. The molecular formula is C26H21ClF9N3O4. The fourth-order valence-corrected chi connectivity index (χ4v) is 4.48. The third-order valence-electron chi connectivity index (χ3n) is 6.42. The predicted molar refractivity (Wildman–Crippen MR) is 133 cm³/mol.